The van der Waals surface area contributed by atoms with Gasteiger partial charge in [0.25, 0.3) is 0 Å². The van der Waals surface area contributed by atoms with Gasteiger partial charge in [-0.3, -0.25) is 0 Å². The molecule has 0 aliphatic rings. The Labute approximate surface area is 129 Å². The molecule has 0 aliphatic heterocycles. The summed E-state index contributed by atoms with van der Waals surface area (Å²) in [5.41, 5.74) is 4.31. The molecule has 0 radical (unpaired) electrons. The average Bonchev–Trinajstić information content (AvgIpc) is 2.84. The van der Waals surface area contributed by atoms with Crippen LogP contribution in [0.2, 0.25) is 0 Å². The van der Waals surface area contributed by atoms with Gasteiger partial charge in [0, 0.05) is 19.8 Å². The van der Waals surface area contributed by atoms with Crippen LogP contribution < -0.4 is 0 Å². The van der Waals surface area contributed by atoms with E-state index in [0.717, 1.165) is 21.1 Å². The van der Waals surface area contributed by atoms with Crippen LogP contribution in [0, 0.1) is 20.8 Å². The van der Waals surface area contributed by atoms with Gasteiger partial charge in [-0.25, -0.2) is 4.98 Å². The van der Waals surface area contributed by atoms with E-state index in [4.69, 9.17) is 9.47 Å². The lowest BCUT2D eigenvalue weighted by atomic mass is 10.1. The number of benzene rings is 1. The molecule has 5 heteroatoms. The van der Waals surface area contributed by atoms with E-state index in [9.17, 15) is 5.11 Å². The van der Waals surface area contributed by atoms with Crippen LogP contribution in [0.1, 0.15) is 21.7 Å². The van der Waals surface area contributed by atoms with E-state index in [-0.39, 0.29) is 6.61 Å². The first-order chi connectivity index (χ1) is 9.97. The summed E-state index contributed by atoms with van der Waals surface area (Å²) in [6, 6.07) is 6.29. The van der Waals surface area contributed by atoms with Crippen molar-refractivity contribution in [2.24, 2.45) is 0 Å². The molecule has 0 bridgehead atoms. The van der Waals surface area contributed by atoms with Crippen molar-refractivity contribution in [3.8, 4) is 10.6 Å². The van der Waals surface area contributed by atoms with Crippen LogP contribution in [-0.2, 0) is 15.3 Å². The third-order valence-corrected chi connectivity index (χ3v) is 4.94. The zero-order chi connectivity index (χ0) is 15.6. The van der Waals surface area contributed by atoms with Gasteiger partial charge in [-0.15, -0.1) is 11.3 Å². The number of ether oxygens (including phenoxy) is 2. The molecule has 0 aliphatic carbocycles. The van der Waals surface area contributed by atoms with Gasteiger partial charge in [0.1, 0.15) is 11.6 Å². The van der Waals surface area contributed by atoms with Crippen molar-refractivity contribution in [3.05, 3.63) is 39.9 Å². The molecule has 0 amide bonds. The lowest BCUT2D eigenvalue weighted by Crippen LogP contribution is -2.34. The molecule has 1 aromatic carbocycles. The topological polar surface area (TPSA) is 51.6 Å². The molecule has 4 nitrogen and oxygen atoms in total. The van der Waals surface area contributed by atoms with Gasteiger partial charge in [0.15, 0.2) is 0 Å². The van der Waals surface area contributed by atoms with Crippen molar-refractivity contribution in [1.29, 1.82) is 0 Å². The highest BCUT2D eigenvalue weighted by Crippen LogP contribution is 2.38. The van der Waals surface area contributed by atoms with Crippen molar-refractivity contribution >= 4 is 11.3 Å². The SMILES string of the molecule is COC(CO)(OC)c1sc(-c2ccc(C)cc2C)nc1C. The number of rotatable bonds is 5. The Bertz CT molecular complexity index is 624. The van der Waals surface area contributed by atoms with Crippen molar-refractivity contribution in [3.63, 3.8) is 0 Å². The fourth-order valence-corrected chi connectivity index (χ4v) is 3.68. The fraction of sp³-hybridized carbons (Fsp3) is 0.438. The Morgan fingerprint density at radius 1 is 1.19 bits per heavy atom. The maximum absolute atomic E-state index is 9.65. The largest absolute Gasteiger partial charge is 0.390 e. The zero-order valence-corrected chi connectivity index (χ0v) is 13.9. The second-order valence-corrected chi connectivity index (χ2v) is 6.07. The quantitative estimate of drug-likeness (QED) is 0.862. The van der Waals surface area contributed by atoms with Crippen molar-refractivity contribution in [1.82, 2.24) is 4.98 Å². The highest BCUT2D eigenvalue weighted by Gasteiger charge is 2.36. The molecule has 1 aromatic heterocycles. The van der Waals surface area contributed by atoms with E-state index in [1.54, 1.807) is 0 Å². The van der Waals surface area contributed by atoms with Crippen molar-refractivity contribution < 1.29 is 14.6 Å². The molecule has 21 heavy (non-hydrogen) atoms. The van der Waals surface area contributed by atoms with Gasteiger partial charge in [-0.05, 0) is 26.3 Å². The predicted molar refractivity (Wildman–Crippen MR) is 84.5 cm³/mol. The monoisotopic (exact) mass is 307 g/mol. The number of aromatic nitrogens is 1. The maximum atomic E-state index is 9.65. The minimum absolute atomic E-state index is 0.255. The fourth-order valence-electron chi connectivity index (χ4n) is 2.39. The lowest BCUT2D eigenvalue weighted by Gasteiger charge is -2.27. The lowest BCUT2D eigenvalue weighted by molar-refractivity contribution is -0.234. The molecule has 0 atom stereocenters. The van der Waals surface area contributed by atoms with E-state index in [0.29, 0.717) is 0 Å². The molecule has 0 fully saturated rings. The summed E-state index contributed by atoms with van der Waals surface area (Å²) in [6.07, 6.45) is 0. The smallest absolute Gasteiger partial charge is 0.229 e. The summed E-state index contributed by atoms with van der Waals surface area (Å²) in [4.78, 5) is 5.42. The molecule has 2 rings (SSSR count). The van der Waals surface area contributed by atoms with Gasteiger partial charge in [0.2, 0.25) is 5.79 Å². The standard InChI is InChI=1S/C16H21NO3S/c1-10-6-7-13(11(2)8-10)15-17-12(3)14(21-15)16(9-18,19-4)20-5/h6-8,18H,9H2,1-5H3. The second kappa shape index (κ2) is 6.23. The van der Waals surface area contributed by atoms with Crippen LogP contribution in [0.4, 0.5) is 0 Å². The third kappa shape index (κ3) is 2.87. The van der Waals surface area contributed by atoms with Gasteiger partial charge in [0.05, 0.1) is 10.6 Å². The van der Waals surface area contributed by atoms with Crippen LogP contribution in [-0.4, -0.2) is 30.9 Å². The molecule has 0 spiro atoms. The van der Waals surface area contributed by atoms with Crippen molar-refractivity contribution in [2.45, 2.75) is 26.6 Å². The first-order valence-electron chi connectivity index (χ1n) is 6.74. The predicted octanol–water partition coefficient (Wildman–Crippen LogP) is 3.17. The summed E-state index contributed by atoms with van der Waals surface area (Å²) in [5.74, 6) is -1.14. The number of methoxy groups -OCH3 is 2. The van der Waals surface area contributed by atoms with Crippen molar-refractivity contribution in [2.75, 3.05) is 20.8 Å². The molecule has 0 saturated carbocycles. The Hall–Kier alpha value is -1.27. The van der Waals surface area contributed by atoms with Crippen LogP contribution in [0.25, 0.3) is 10.6 Å². The van der Waals surface area contributed by atoms with Gasteiger partial charge in [-0.1, -0.05) is 23.8 Å². The summed E-state index contributed by atoms with van der Waals surface area (Å²) < 4.78 is 10.8. The number of aliphatic hydroxyl groups is 1. The molecule has 1 heterocycles. The molecule has 0 saturated heterocycles. The first kappa shape index (κ1) is 16.1. The van der Waals surface area contributed by atoms with Gasteiger partial charge in [-0.2, -0.15) is 0 Å². The number of hydrogen-bond acceptors (Lipinski definition) is 5. The Morgan fingerprint density at radius 2 is 1.86 bits per heavy atom. The number of thiazole rings is 1. The molecule has 0 unspecified atom stereocenters. The Balaban J connectivity index is 2.53. The maximum Gasteiger partial charge on any atom is 0.229 e. The van der Waals surface area contributed by atoms with Crippen LogP contribution in [0.15, 0.2) is 18.2 Å². The molecule has 1 N–H and O–H groups in total. The number of aliphatic hydroxyl groups excluding tert-OH is 1. The van der Waals surface area contributed by atoms with Crippen LogP contribution in [0.5, 0.6) is 0 Å². The Kier molecular flexibility index (Phi) is 4.78. The van der Waals surface area contributed by atoms with E-state index < -0.39 is 5.79 Å². The summed E-state index contributed by atoms with van der Waals surface area (Å²) >= 11 is 1.49. The minimum atomic E-state index is -1.14. The summed E-state index contributed by atoms with van der Waals surface area (Å²) in [7, 11) is 3.05. The summed E-state index contributed by atoms with van der Waals surface area (Å²) in [5, 5.41) is 10.6. The average molecular weight is 307 g/mol. The van der Waals surface area contributed by atoms with Crippen LogP contribution in [0.3, 0.4) is 0 Å². The van der Waals surface area contributed by atoms with E-state index >= 15 is 0 Å². The summed E-state index contributed by atoms with van der Waals surface area (Å²) in [6.45, 7) is 5.79. The Morgan fingerprint density at radius 3 is 2.38 bits per heavy atom. The second-order valence-electron chi connectivity index (χ2n) is 5.07. The van der Waals surface area contributed by atoms with Gasteiger partial charge < -0.3 is 14.6 Å². The minimum Gasteiger partial charge on any atom is -0.390 e. The van der Waals surface area contributed by atoms with E-state index in [1.165, 1.54) is 36.7 Å². The van der Waals surface area contributed by atoms with E-state index in [1.807, 2.05) is 6.92 Å². The van der Waals surface area contributed by atoms with Crippen LogP contribution >= 0.6 is 11.3 Å². The molecular formula is C16H21NO3S. The highest BCUT2D eigenvalue weighted by atomic mass is 32.1. The third-order valence-electron chi connectivity index (χ3n) is 3.62. The zero-order valence-electron chi connectivity index (χ0n) is 13.1. The highest BCUT2D eigenvalue weighted by molar-refractivity contribution is 7.15. The molecular weight excluding hydrogens is 286 g/mol. The normalized spacial score (nSPS) is 11.9. The number of aryl methyl sites for hydroxylation is 3. The first-order valence-corrected chi connectivity index (χ1v) is 7.55. The van der Waals surface area contributed by atoms with Gasteiger partial charge >= 0.3 is 0 Å². The number of nitrogens with zero attached hydrogens (tertiary/aromatic N) is 1. The molecule has 114 valence electrons. The van der Waals surface area contributed by atoms with E-state index in [2.05, 4.69) is 37.0 Å². The molecule has 2 aromatic rings. The number of hydrogen-bond donors (Lipinski definition) is 1.